The van der Waals surface area contributed by atoms with Crippen LogP contribution < -0.4 is 5.32 Å². The minimum atomic E-state index is -0.451. The molecule has 2 heterocycles. The Balaban J connectivity index is 1.94. The Morgan fingerprint density at radius 1 is 1.43 bits per heavy atom. The Morgan fingerprint density at radius 2 is 2.24 bits per heavy atom. The van der Waals surface area contributed by atoms with Gasteiger partial charge in [-0.05, 0) is 52.2 Å². The molecule has 0 bridgehead atoms. The van der Waals surface area contributed by atoms with Crippen molar-refractivity contribution in [2.75, 3.05) is 18.4 Å². The van der Waals surface area contributed by atoms with Crippen molar-refractivity contribution in [1.82, 2.24) is 9.88 Å². The van der Waals surface area contributed by atoms with Gasteiger partial charge < -0.3 is 15.0 Å². The van der Waals surface area contributed by atoms with Crippen LogP contribution >= 0.6 is 0 Å². The van der Waals surface area contributed by atoms with Crippen molar-refractivity contribution < 1.29 is 9.53 Å². The van der Waals surface area contributed by atoms with Gasteiger partial charge in [0.05, 0.1) is 6.04 Å². The Bertz CT molecular complexity index is 456. The Morgan fingerprint density at radius 3 is 2.90 bits per heavy atom. The summed E-state index contributed by atoms with van der Waals surface area (Å²) < 4.78 is 5.50. The molecule has 1 atom stereocenters. The van der Waals surface area contributed by atoms with Crippen LogP contribution in [0.2, 0.25) is 0 Å². The van der Waals surface area contributed by atoms with Crippen LogP contribution in [0, 0.1) is 0 Å². The van der Waals surface area contributed by atoms with Crippen molar-refractivity contribution in [2.24, 2.45) is 0 Å². The predicted octanol–water partition coefficient (Wildman–Crippen LogP) is 3.28. The molecule has 1 aromatic heterocycles. The molecular weight excluding hydrogens is 266 g/mol. The maximum absolute atomic E-state index is 12.3. The molecule has 2 rings (SSSR count). The van der Waals surface area contributed by atoms with Crippen LogP contribution in [0.25, 0.3) is 0 Å². The highest BCUT2D eigenvalue weighted by molar-refractivity contribution is 5.68. The van der Waals surface area contributed by atoms with Gasteiger partial charge in [-0.2, -0.15) is 0 Å². The van der Waals surface area contributed by atoms with Gasteiger partial charge in [-0.3, -0.25) is 0 Å². The number of hydrogen-bond acceptors (Lipinski definition) is 4. The second-order valence-corrected chi connectivity index (χ2v) is 6.42. The molecule has 0 aliphatic carbocycles. The molecule has 0 spiro atoms. The molecule has 116 valence electrons. The third-order valence-electron chi connectivity index (χ3n) is 3.44. The van der Waals surface area contributed by atoms with Crippen molar-refractivity contribution in [3.63, 3.8) is 0 Å². The molecule has 1 aromatic rings. The van der Waals surface area contributed by atoms with E-state index in [2.05, 4.69) is 10.3 Å². The van der Waals surface area contributed by atoms with E-state index in [-0.39, 0.29) is 12.1 Å². The SMILES string of the molecule is CC(C)(C)OC(=O)N1CCCCC1CNc1ccccn1. The van der Waals surface area contributed by atoms with Crippen LogP contribution in [0.1, 0.15) is 40.0 Å². The highest BCUT2D eigenvalue weighted by Gasteiger charge is 2.30. The molecule has 1 saturated heterocycles. The Labute approximate surface area is 126 Å². The lowest BCUT2D eigenvalue weighted by Gasteiger charge is -2.36. The number of ether oxygens (including phenoxy) is 1. The smallest absolute Gasteiger partial charge is 0.410 e. The number of anilines is 1. The molecular formula is C16H25N3O2. The van der Waals surface area contributed by atoms with Gasteiger partial charge in [-0.15, -0.1) is 0 Å². The summed E-state index contributed by atoms with van der Waals surface area (Å²) in [4.78, 5) is 18.4. The van der Waals surface area contributed by atoms with Crippen LogP contribution in [0.5, 0.6) is 0 Å². The number of amides is 1. The molecule has 0 saturated carbocycles. The zero-order valence-corrected chi connectivity index (χ0v) is 13.1. The Kier molecular flexibility index (Phi) is 5.04. The maximum Gasteiger partial charge on any atom is 0.410 e. The van der Waals surface area contributed by atoms with Crippen LogP contribution in [-0.2, 0) is 4.74 Å². The summed E-state index contributed by atoms with van der Waals surface area (Å²) in [5.74, 6) is 0.840. The van der Waals surface area contributed by atoms with E-state index in [1.54, 1.807) is 6.20 Å². The van der Waals surface area contributed by atoms with E-state index in [1.165, 1.54) is 0 Å². The molecule has 1 aliphatic rings. The first-order chi connectivity index (χ1) is 9.96. The normalized spacial score (nSPS) is 19.2. The van der Waals surface area contributed by atoms with E-state index < -0.39 is 5.60 Å². The maximum atomic E-state index is 12.3. The molecule has 21 heavy (non-hydrogen) atoms. The number of carbonyl (C=O) groups is 1. The minimum absolute atomic E-state index is 0.163. The van der Waals surface area contributed by atoms with Gasteiger partial charge in [-0.1, -0.05) is 6.07 Å². The zero-order valence-electron chi connectivity index (χ0n) is 13.1. The van der Waals surface area contributed by atoms with Crippen molar-refractivity contribution >= 4 is 11.9 Å². The van der Waals surface area contributed by atoms with Crippen LogP contribution in [0.15, 0.2) is 24.4 Å². The summed E-state index contributed by atoms with van der Waals surface area (Å²) in [6, 6.07) is 5.93. The molecule has 5 heteroatoms. The van der Waals surface area contributed by atoms with Crippen LogP contribution in [0.3, 0.4) is 0 Å². The monoisotopic (exact) mass is 291 g/mol. The molecule has 0 radical (unpaired) electrons. The first kappa shape index (κ1) is 15.6. The van der Waals surface area contributed by atoms with Gasteiger partial charge in [0.15, 0.2) is 0 Å². The molecule has 1 aliphatic heterocycles. The number of carbonyl (C=O) groups excluding carboxylic acids is 1. The van der Waals surface area contributed by atoms with Gasteiger partial charge >= 0.3 is 6.09 Å². The zero-order chi connectivity index (χ0) is 15.3. The number of piperidine rings is 1. The third-order valence-corrected chi connectivity index (χ3v) is 3.44. The van der Waals surface area contributed by atoms with E-state index >= 15 is 0 Å². The average Bonchev–Trinajstić information content (AvgIpc) is 2.45. The first-order valence-electron chi connectivity index (χ1n) is 7.60. The van der Waals surface area contributed by atoms with Crippen molar-refractivity contribution in [2.45, 2.75) is 51.7 Å². The molecule has 0 aromatic carbocycles. The summed E-state index contributed by atoms with van der Waals surface area (Å²) in [5.41, 5.74) is -0.451. The fourth-order valence-electron chi connectivity index (χ4n) is 2.46. The van der Waals surface area contributed by atoms with E-state index in [9.17, 15) is 4.79 Å². The van der Waals surface area contributed by atoms with Gasteiger partial charge in [0.1, 0.15) is 11.4 Å². The number of nitrogens with one attached hydrogen (secondary N) is 1. The fourth-order valence-corrected chi connectivity index (χ4v) is 2.46. The lowest BCUT2D eigenvalue weighted by Crippen LogP contribution is -2.48. The molecule has 1 N–H and O–H groups in total. The van der Waals surface area contributed by atoms with E-state index in [4.69, 9.17) is 4.74 Å². The molecule has 1 fully saturated rings. The molecule has 1 unspecified atom stereocenters. The third kappa shape index (κ3) is 4.92. The highest BCUT2D eigenvalue weighted by Crippen LogP contribution is 2.20. The standard InChI is InChI=1S/C16H25N3O2/c1-16(2,3)21-15(20)19-11-7-5-8-13(19)12-18-14-9-4-6-10-17-14/h4,6,9-10,13H,5,7-8,11-12H2,1-3H3,(H,17,18). The minimum Gasteiger partial charge on any atom is -0.444 e. The second-order valence-electron chi connectivity index (χ2n) is 6.42. The summed E-state index contributed by atoms with van der Waals surface area (Å²) in [6.45, 7) is 7.17. The van der Waals surface area contributed by atoms with Gasteiger partial charge in [-0.25, -0.2) is 9.78 Å². The first-order valence-corrected chi connectivity index (χ1v) is 7.60. The number of rotatable bonds is 3. The van der Waals surface area contributed by atoms with Gasteiger partial charge in [0.2, 0.25) is 0 Å². The lowest BCUT2D eigenvalue weighted by atomic mass is 10.0. The fraction of sp³-hybridized carbons (Fsp3) is 0.625. The predicted molar refractivity (Wildman–Crippen MR) is 83.3 cm³/mol. The summed E-state index contributed by atoms with van der Waals surface area (Å²) in [6.07, 6.45) is 4.73. The van der Waals surface area contributed by atoms with E-state index in [1.807, 2.05) is 43.9 Å². The number of aromatic nitrogens is 1. The highest BCUT2D eigenvalue weighted by atomic mass is 16.6. The van der Waals surface area contributed by atoms with Gasteiger partial charge in [0, 0.05) is 19.3 Å². The van der Waals surface area contributed by atoms with Crippen molar-refractivity contribution in [3.8, 4) is 0 Å². The Hall–Kier alpha value is -1.78. The second kappa shape index (κ2) is 6.78. The molecule has 1 amide bonds. The van der Waals surface area contributed by atoms with Gasteiger partial charge in [0.25, 0.3) is 0 Å². The average molecular weight is 291 g/mol. The summed E-state index contributed by atoms with van der Waals surface area (Å²) >= 11 is 0. The van der Waals surface area contributed by atoms with Crippen LogP contribution in [-0.4, -0.2) is 40.7 Å². The number of nitrogens with zero attached hydrogens (tertiary/aromatic N) is 2. The number of likely N-dealkylation sites (tertiary alicyclic amines) is 1. The number of hydrogen-bond donors (Lipinski definition) is 1. The van der Waals surface area contributed by atoms with Crippen molar-refractivity contribution in [3.05, 3.63) is 24.4 Å². The quantitative estimate of drug-likeness (QED) is 0.928. The summed E-state index contributed by atoms with van der Waals surface area (Å²) in [5, 5.41) is 3.30. The molecule has 5 nitrogen and oxygen atoms in total. The summed E-state index contributed by atoms with van der Waals surface area (Å²) in [7, 11) is 0. The van der Waals surface area contributed by atoms with Crippen molar-refractivity contribution in [1.29, 1.82) is 0 Å². The largest absolute Gasteiger partial charge is 0.444 e. The lowest BCUT2D eigenvalue weighted by molar-refractivity contribution is 0.0114. The van der Waals surface area contributed by atoms with Crippen LogP contribution in [0.4, 0.5) is 10.6 Å². The van der Waals surface area contributed by atoms with E-state index in [0.717, 1.165) is 31.6 Å². The number of pyridine rings is 1. The topological polar surface area (TPSA) is 54.5 Å². The van der Waals surface area contributed by atoms with E-state index in [0.29, 0.717) is 6.54 Å².